The largest absolute Gasteiger partial charge is 1.00 e. The predicted molar refractivity (Wildman–Crippen MR) is 28.4 cm³/mol. The Kier molecular flexibility index (Phi) is 16.9. The van der Waals surface area contributed by atoms with E-state index in [2.05, 4.69) is 22.9 Å². The minimum absolute atomic E-state index is 0. The van der Waals surface area contributed by atoms with Crippen molar-refractivity contribution in [1.29, 1.82) is 0 Å². The third-order valence-electron chi connectivity index (χ3n) is 0.384. The number of halogens is 1. The molecular weight excluding hydrogens is 151 g/mol. The molecule has 0 N–H and O–H groups in total. The zero-order valence-corrected chi connectivity index (χ0v) is 7.79. The molecule has 0 rings (SSSR count). The van der Waals surface area contributed by atoms with Crippen LogP contribution in [-0.4, -0.2) is 5.33 Å². The third-order valence-corrected chi connectivity index (χ3v) is 0.944. The molecule has 0 aromatic carbocycles. The molecule has 0 spiro atoms. The monoisotopic (exact) mass is 158 g/mol. The van der Waals surface area contributed by atoms with Gasteiger partial charge in [-0.2, -0.15) is 6.42 Å². The van der Waals surface area contributed by atoms with Gasteiger partial charge in [0.1, 0.15) is 0 Å². The van der Waals surface area contributed by atoms with Gasteiger partial charge in [0, 0.05) is 5.33 Å². The molecule has 0 atom stereocenters. The zero-order valence-electron chi connectivity index (χ0n) is 4.21. The molecule has 0 heterocycles. The fraction of sp³-hybridized carbons (Fsp3) is 0.750. The normalized spacial score (nSPS) is 7.00. The van der Waals surface area contributed by atoms with Crippen molar-refractivity contribution in [1.82, 2.24) is 0 Å². The van der Waals surface area contributed by atoms with Crippen molar-refractivity contribution in [3.8, 4) is 0 Å². The Hall–Kier alpha value is 1.48. The van der Waals surface area contributed by atoms with Crippen molar-refractivity contribution in [3.05, 3.63) is 6.92 Å². The Morgan fingerprint density at radius 3 is 2.00 bits per heavy atom. The van der Waals surface area contributed by atoms with E-state index < -0.39 is 0 Å². The van der Waals surface area contributed by atoms with E-state index in [1.165, 1.54) is 6.42 Å². The van der Waals surface area contributed by atoms with Gasteiger partial charge in [0.05, 0.1) is 0 Å². The molecule has 0 fully saturated rings. The second-order valence-corrected chi connectivity index (χ2v) is 1.69. The van der Waals surface area contributed by atoms with E-state index in [0.717, 1.165) is 11.8 Å². The average Bonchev–Trinajstić information content (AvgIpc) is 1.41. The Labute approximate surface area is 70.1 Å². The number of hydrogen-bond acceptors (Lipinski definition) is 0. The molecule has 6 heavy (non-hydrogen) atoms. The molecule has 0 aliphatic rings. The SMILES string of the molecule is [CH2-]CCCBr.[Na+]. The maximum Gasteiger partial charge on any atom is 1.00 e. The van der Waals surface area contributed by atoms with Gasteiger partial charge in [0.15, 0.2) is 0 Å². The van der Waals surface area contributed by atoms with E-state index in [1.807, 2.05) is 0 Å². The van der Waals surface area contributed by atoms with Crippen LogP contribution in [0.3, 0.4) is 0 Å². The maximum absolute atomic E-state index is 3.65. The van der Waals surface area contributed by atoms with Gasteiger partial charge >= 0.3 is 29.6 Å². The smallest absolute Gasteiger partial charge is 0.343 e. The summed E-state index contributed by atoms with van der Waals surface area (Å²) in [5.41, 5.74) is 0. The molecule has 32 valence electrons. The van der Waals surface area contributed by atoms with Crippen LogP contribution in [0.4, 0.5) is 0 Å². The molecule has 0 aliphatic heterocycles. The first-order chi connectivity index (χ1) is 2.41. The first-order valence-electron chi connectivity index (χ1n) is 1.77. The second kappa shape index (κ2) is 9.70. The van der Waals surface area contributed by atoms with Gasteiger partial charge in [0.25, 0.3) is 0 Å². The van der Waals surface area contributed by atoms with Crippen LogP contribution in [0.25, 0.3) is 0 Å². The number of unbranched alkanes of at least 4 members (excludes halogenated alkanes) is 1. The van der Waals surface area contributed by atoms with Gasteiger partial charge in [-0.15, -0.1) is 0 Å². The molecule has 0 amide bonds. The van der Waals surface area contributed by atoms with Crippen molar-refractivity contribution in [2.24, 2.45) is 0 Å². The Balaban J connectivity index is 0. The van der Waals surface area contributed by atoms with Crippen LogP contribution in [0, 0.1) is 6.92 Å². The second-order valence-electron chi connectivity index (χ2n) is 0.896. The predicted octanol–water partition coefficient (Wildman–Crippen LogP) is -1.00. The van der Waals surface area contributed by atoms with Crippen molar-refractivity contribution in [3.63, 3.8) is 0 Å². The van der Waals surface area contributed by atoms with Crippen molar-refractivity contribution in [2.75, 3.05) is 5.33 Å². The first-order valence-corrected chi connectivity index (χ1v) is 2.89. The Morgan fingerprint density at radius 2 is 2.00 bits per heavy atom. The van der Waals surface area contributed by atoms with Crippen LogP contribution in [0.1, 0.15) is 12.8 Å². The van der Waals surface area contributed by atoms with Gasteiger partial charge in [-0.25, -0.2) is 0 Å². The maximum atomic E-state index is 3.65. The summed E-state index contributed by atoms with van der Waals surface area (Å²) in [6.45, 7) is 3.65. The van der Waals surface area contributed by atoms with Crippen LogP contribution in [0.2, 0.25) is 0 Å². The first kappa shape index (κ1) is 10.5. The van der Waals surface area contributed by atoms with E-state index >= 15 is 0 Å². The molecule has 0 radical (unpaired) electrons. The van der Waals surface area contributed by atoms with Crippen LogP contribution in [0.15, 0.2) is 0 Å². The van der Waals surface area contributed by atoms with Gasteiger partial charge in [-0.1, -0.05) is 22.4 Å². The van der Waals surface area contributed by atoms with E-state index in [9.17, 15) is 0 Å². The summed E-state index contributed by atoms with van der Waals surface area (Å²) in [6.07, 6.45) is 2.24. The quantitative estimate of drug-likeness (QED) is 0.275. The standard InChI is InChI=1S/C4H8Br.Na/c1-2-3-4-5;/h1-4H2;/q-1;+1. The van der Waals surface area contributed by atoms with Crippen molar-refractivity contribution >= 4 is 15.9 Å². The van der Waals surface area contributed by atoms with E-state index in [1.54, 1.807) is 0 Å². The molecular formula is C4H8BrNa. The number of rotatable bonds is 2. The fourth-order valence-corrected chi connectivity index (χ4v) is 0.491. The summed E-state index contributed by atoms with van der Waals surface area (Å²) in [5, 5.41) is 1.09. The van der Waals surface area contributed by atoms with E-state index in [4.69, 9.17) is 0 Å². The Morgan fingerprint density at radius 1 is 1.50 bits per heavy atom. The van der Waals surface area contributed by atoms with Crippen LogP contribution in [0.5, 0.6) is 0 Å². The van der Waals surface area contributed by atoms with Gasteiger partial charge in [0.2, 0.25) is 0 Å². The summed E-state index contributed by atoms with van der Waals surface area (Å²) < 4.78 is 0. The average molecular weight is 159 g/mol. The zero-order chi connectivity index (χ0) is 4.12. The molecule has 0 saturated carbocycles. The molecule has 0 nitrogen and oxygen atoms in total. The summed E-state index contributed by atoms with van der Waals surface area (Å²) in [5.74, 6) is 0. The van der Waals surface area contributed by atoms with Crippen molar-refractivity contribution < 1.29 is 29.6 Å². The molecule has 0 bridgehead atoms. The summed E-state index contributed by atoms with van der Waals surface area (Å²) in [4.78, 5) is 0. The molecule has 0 aliphatic carbocycles. The third kappa shape index (κ3) is 9.08. The van der Waals surface area contributed by atoms with Crippen molar-refractivity contribution in [2.45, 2.75) is 12.8 Å². The molecule has 0 aromatic rings. The fourth-order valence-electron chi connectivity index (χ4n) is 0.0945. The molecule has 0 saturated heterocycles. The number of alkyl halides is 1. The molecule has 0 unspecified atom stereocenters. The summed E-state index contributed by atoms with van der Waals surface area (Å²) >= 11 is 3.27. The van der Waals surface area contributed by atoms with Gasteiger partial charge in [-0.05, 0) is 0 Å². The van der Waals surface area contributed by atoms with E-state index in [0.29, 0.717) is 0 Å². The minimum Gasteiger partial charge on any atom is -0.343 e. The van der Waals surface area contributed by atoms with Crippen LogP contribution < -0.4 is 29.6 Å². The van der Waals surface area contributed by atoms with Crippen LogP contribution >= 0.6 is 15.9 Å². The molecule has 2 heteroatoms. The minimum atomic E-state index is 0. The Bertz CT molecular complexity index is 15.0. The van der Waals surface area contributed by atoms with E-state index in [-0.39, 0.29) is 29.6 Å². The summed E-state index contributed by atoms with van der Waals surface area (Å²) in [6, 6.07) is 0. The van der Waals surface area contributed by atoms with Crippen LogP contribution in [-0.2, 0) is 0 Å². The van der Waals surface area contributed by atoms with Gasteiger partial charge < -0.3 is 6.92 Å². The van der Waals surface area contributed by atoms with Gasteiger partial charge in [-0.3, -0.25) is 0 Å². The number of hydrogen-bond donors (Lipinski definition) is 0. The topological polar surface area (TPSA) is 0 Å². The molecule has 0 aromatic heterocycles. The summed E-state index contributed by atoms with van der Waals surface area (Å²) in [7, 11) is 0.